The van der Waals surface area contributed by atoms with Crippen molar-refractivity contribution in [1.82, 2.24) is 15.2 Å². The van der Waals surface area contributed by atoms with Gasteiger partial charge in [0, 0.05) is 32.4 Å². The van der Waals surface area contributed by atoms with Gasteiger partial charge in [0.15, 0.2) is 0 Å². The van der Waals surface area contributed by atoms with Gasteiger partial charge in [0.25, 0.3) is 0 Å². The molecular weight excluding hydrogens is 322 g/mol. The van der Waals surface area contributed by atoms with E-state index in [1.807, 2.05) is 12.1 Å². The third kappa shape index (κ3) is 6.60. The molecule has 1 aliphatic rings. The normalized spacial score (nSPS) is 19.9. The van der Waals surface area contributed by atoms with Crippen molar-refractivity contribution < 1.29 is 19.4 Å². The Morgan fingerprint density at radius 3 is 2.76 bits per heavy atom. The fourth-order valence-corrected chi connectivity index (χ4v) is 2.82. The van der Waals surface area contributed by atoms with Crippen LogP contribution in [0.1, 0.15) is 44.6 Å². The van der Waals surface area contributed by atoms with Crippen LogP contribution in [0.2, 0.25) is 0 Å². The molecule has 1 aromatic heterocycles. The highest BCUT2D eigenvalue weighted by molar-refractivity contribution is 5.75. The first-order valence-electron chi connectivity index (χ1n) is 8.76. The summed E-state index contributed by atoms with van der Waals surface area (Å²) in [5.74, 6) is 0.436. The summed E-state index contributed by atoms with van der Waals surface area (Å²) >= 11 is 0. The Bertz CT molecular complexity index is 585. The lowest BCUT2D eigenvalue weighted by Gasteiger charge is -2.26. The zero-order valence-corrected chi connectivity index (χ0v) is 14.9. The van der Waals surface area contributed by atoms with Crippen molar-refractivity contribution >= 4 is 12.0 Å². The molecule has 0 aliphatic heterocycles. The van der Waals surface area contributed by atoms with Gasteiger partial charge < -0.3 is 20.1 Å². The zero-order valence-electron chi connectivity index (χ0n) is 14.9. The summed E-state index contributed by atoms with van der Waals surface area (Å²) in [5, 5.41) is 11.4. The molecule has 0 spiro atoms. The molecule has 0 saturated heterocycles. The van der Waals surface area contributed by atoms with Gasteiger partial charge in [-0.2, -0.15) is 0 Å². The summed E-state index contributed by atoms with van der Waals surface area (Å²) in [6, 6.07) is 3.37. The molecule has 138 valence electrons. The number of urea groups is 1. The maximum absolute atomic E-state index is 11.9. The molecule has 0 unspecified atom stereocenters. The molecule has 1 saturated carbocycles. The Morgan fingerprint density at radius 1 is 1.36 bits per heavy atom. The molecule has 1 heterocycles. The van der Waals surface area contributed by atoms with Crippen molar-refractivity contribution in [2.24, 2.45) is 5.92 Å². The number of pyridine rings is 1. The molecule has 0 bridgehead atoms. The number of hydrogen-bond acceptors (Lipinski definition) is 4. The molecule has 2 amide bonds. The summed E-state index contributed by atoms with van der Waals surface area (Å²) in [4.78, 5) is 28.1. The van der Waals surface area contributed by atoms with Crippen LogP contribution in [-0.2, 0) is 11.3 Å². The number of hydrogen-bond donors (Lipinski definition) is 2. The lowest BCUT2D eigenvalue weighted by molar-refractivity contribution is -0.137. The van der Waals surface area contributed by atoms with E-state index in [4.69, 9.17) is 9.84 Å². The second-order valence-electron chi connectivity index (χ2n) is 6.73. The fourth-order valence-electron chi connectivity index (χ4n) is 2.82. The summed E-state index contributed by atoms with van der Waals surface area (Å²) in [6.45, 7) is 2.79. The summed E-state index contributed by atoms with van der Waals surface area (Å²) in [5.41, 5.74) is 0.897. The monoisotopic (exact) mass is 349 g/mol. The maximum Gasteiger partial charge on any atom is 0.317 e. The Kier molecular flexibility index (Phi) is 7.03. The van der Waals surface area contributed by atoms with Gasteiger partial charge in [-0.3, -0.25) is 4.79 Å². The highest BCUT2D eigenvalue weighted by atomic mass is 16.5. The summed E-state index contributed by atoms with van der Waals surface area (Å²) < 4.78 is 5.96. The van der Waals surface area contributed by atoms with Crippen LogP contribution in [0.5, 0.6) is 5.88 Å². The summed E-state index contributed by atoms with van der Waals surface area (Å²) in [7, 11) is 1.57. The van der Waals surface area contributed by atoms with Crippen LogP contribution in [0.4, 0.5) is 4.79 Å². The van der Waals surface area contributed by atoms with Gasteiger partial charge in [-0.1, -0.05) is 6.92 Å². The number of nitrogens with zero attached hydrogens (tertiary/aromatic N) is 2. The quantitative estimate of drug-likeness (QED) is 0.789. The van der Waals surface area contributed by atoms with Gasteiger partial charge in [-0.05, 0) is 43.2 Å². The molecule has 0 atom stereocenters. The number of carboxylic acid groups (broad SMARTS) is 1. The van der Waals surface area contributed by atoms with E-state index in [0.717, 1.165) is 24.3 Å². The van der Waals surface area contributed by atoms with E-state index in [-0.39, 0.29) is 25.1 Å². The van der Waals surface area contributed by atoms with Crippen molar-refractivity contribution in [1.29, 1.82) is 0 Å². The van der Waals surface area contributed by atoms with Crippen LogP contribution in [0.3, 0.4) is 0 Å². The smallest absolute Gasteiger partial charge is 0.317 e. The molecule has 1 aliphatic carbocycles. The standard InChI is InChI=1S/C18H27N3O4/c1-13-3-5-15(6-4-13)25-16-11-14(7-9-19-16)12-20-18(24)21(2)10-8-17(22)23/h7,9,11,13,15H,3-6,8,10,12H2,1-2H3,(H,20,24)(H,22,23). The first-order chi connectivity index (χ1) is 11.9. The minimum Gasteiger partial charge on any atom is -0.481 e. The third-order valence-corrected chi connectivity index (χ3v) is 4.50. The van der Waals surface area contributed by atoms with Crippen LogP contribution >= 0.6 is 0 Å². The van der Waals surface area contributed by atoms with E-state index in [2.05, 4.69) is 17.2 Å². The van der Waals surface area contributed by atoms with E-state index in [1.165, 1.54) is 17.7 Å². The number of rotatable bonds is 7. The van der Waals surface area contributed by atoms with Crippen LogP contribution in [-0.4, -0.2) is 46.7 Å². The number of carbonyl (C=O) groups is 2. The molecule has 1 fully saturated rings. The van der Waals surface area contributed by atoms with Crippen LogP contribution in [0.25, 0.3) is 0 Å². The highest BCUT2D eigenvalue weighted by Crippen LogP contribution is 2.26. The van der Waals surface area contributed by atoms with E-state index in [9.17, 15) is 9.59 Å². The molecule has 2 rings (SSSR count). The van der Waals surface area contributed by atoms with Gasteiger partial charge in [-0.25, -0.2) is 9.78 Å². The molecular formula is C18H27N3O4. The third-order valence-electron chi connectivity index (χ3n) is 4.50. The van der Waals surface area contributed by atoms with E-state index in [1.54, 1.807) is 13.2 Å². The Balaban J connectivity index is 1.80. The minimum absolute atomic E-state index is 0.0723. The molecule has 25 heavy (non-hydrogen) atoms. The number of aromatic nitrogens is 1. The summed E-state index contributed by atoms with van der Waals surface area (Å²) in [6.07, 6.45) is 6.30. The van der Waals surface area contributed by atoms with Gasteiger partial charge >= 0.3 is 12.0 Å². The van der Waals surface area contributed by atoms with Crippen molar-refractivity contribution in [2.75, 3.05) is 13.6 Å². The number of nitrogens with one attached hydrogen (secondary N) is 1. The second kappa shape index (κ2) is 9.25. The van der Waals surface area contributed by atoms with Gasteiger partial charge in [0.2, 0.25) is 5.88 Å². The molecule has 2 N–H and O–H groups in total. The topological polar surface area (TPSA) is 91.8 Å². The van der Waals surface area contributed by atoms with Crippen LogP contribution < -0.4 is 10.1 Å². The molecule has 7 heteroatoms. The SMILES string of the molecule is CC1CCC(Oc2cc(CNC(=O)N(C)CCC(=O)O)ccn2)CC1. The number of aliphatic carboxylic acids is 1. The average Bonchev–Trinajstić information content (AvgIpc) is 2.60. The van der Waals surface area contributed by atoms with E-state index >= 15 is 0 Å². The van der Waals surface area contributed by atoms with Crippen LogP contribution in [0, 0.1) is 5.92 Å². The molecule has 0 radical (unpaired) electrons. The Labute approximate surface area is 148 Å². The second-order valence-corrected chi connectivity index (χ2v) is 6.73. The lowest BCUT2D eigenvalue weighted by Crippen LogP contribution is -2.38. The van der Waals surface area contributed by atoms with Crippen molar-refractivity contribution in [3.8, 4) is 5.88 Å². The highest BCUT2D eigenvalue weighted by Gasteiger charge is 2.20. The van der Waals surface area contributed by atoms with Crippen molar-refractivity contribution in [3.63, 3.8) is 0 Å². The Hall–Kier alpha value is -2.31. The number of carboxylic acids is 1. The molecule has 1 aromatic rings. The number of carbonyl (C=O) groups excluding carboxylic acids is 1. The van der Waals surface area contributed by atoms with E-state index in [0.29, 0.717) is 12.4 Å². The maximum atomic E-state index is 11.9. The van der Waals surface area contributed by atoms with Gasteiger partial charge in [0.05, 0.1) is 6.42 Å². The molecule has 7 nitrogen and oxygen atoms in total. The van der Waals surface area contributed by atoms with E-state index < -0.39 is 5.97 Å². The van der Waals surface area contributed by atoms with Gasteiger partial charge in [-0.15, -0.1) is 0 Å². The molecule has 0 aromatic carbocycles. The average molecular weight is 349 g/mol. The Morgan fingerprint density at radius 2 is 2.08 bits per heavy atom. The zero-order chi connectivity index (χ0) is 18.2. The minimum atomic E-state index is -0.923. The van der Waals surface area contributed by atoms with Crippen molar-refractivity contribution in [3.05, 3.63) is 23.9 Å². The fraction of sp³-hybridized carbons (Fsp3) is 0.611. The number of amides is 2. The number of ether oxygens (including phenoxy) is 1. The predicted molar refractivity (Wildman–Crippen MR) is 93.4 cm³/mol. The predicted octanol–water partition coefficient (Wildman–Crippen LogP) is 2.66. The lowest BCUT2D eigenvalue weighted by atomic mass is 9.89. The van der Waals surface area contributed by atoms with Gasteiger partial charge in [0.1, 0.15) is 6.10 Å². The van der Waals surface area contributed by atoms with Crippen molar-refractivity contribution in [2.45, 2.75) is 51.7 Å². The largest absolute Gasteiger partial charge is 0.481 e. The first-order valence-corrected chi connectivity index (χ1v) is 8.76. The first kappa shape index (κ1) is 19.0. The van der Waals surface area contributed by atoms with Crippen LogP contribution in [0.15, 0.2) is 18.3 Å².